The summed E-state index contributed by atoms with van der Waals surface area (Å²) in [7, 11) is 1.66. The van der Waals surface area contributed by atoms with Crippen molar-refractivity contribution < 1.29 is 0 Å². The first-order valence-electron chi connectivity index (χ1n) is 4.39. The molecule has 0 atom stereocenters. The molecule has 0 bridgehead atoms. The Hall–Kier alpha value is 0.590. The lowest BCUT2D eigenvalue weighted by molar-refractivity contribution is 0.849. The van der Waals surface area contributed by atoms with Crippen LogP contribution in [0.15, 0.2) is 0 Å². The van der Waals surface area contributed by atoms with Crippen LogP contribution in [0, 0.1) is 0 Å². The van der Waals surface area contributed by atoms with Gasteiger partial charge in [-0.15, -0.1) is 0 Å². The minimum absolute atomic E-state index is 0.127. The van der Waals surface area contributed by atoms with Crippen molar-refractivity contribution in [2.24, 2.45) is 7.05 Å². The molecule has 0 aromatic carbocycles. The molecule has 0 radical (unpaired) electrons. The summed E-state index contributed by atoms with van der Waals surface area (Å²) in [6.45, 7) is 0. The monoisotopic (exact) mass is 384 g/mol. The molecular formula is C9H3Cl7N2. The zero-order chi connectivity index (χ0) is 13.8. The number of hydrogen-bond acceptors (Lipinski definition) is 0. The summed E-state index contributed by atoms with van der Waals surface area (Å²) in [5.74, 6) is 0.385. The third-order valence-corrected chi connectivity index (χ3v) is 5.45. The average Bonchev–Trinajstić information content (AvgIpc) is 2.64. The fourth-order valence-corrected chi connectivity index (χ4v) is 3.22. The highest BCUT2D eigenvalue weighted by Gasteiger charge is 2.26. The summed E-state index contributed by atoms with van der Waals surface area (Å²) >= 11 is 42.0. The van der Waals surface area contributed by atoms with Crippen LogP contribution in [0.2, 0.25) is 35.5 Å². The van der Waals surface area contributed by atoms with Gasteiger partial charge in [0.05, 0.1) is 15.1 Å². The smallest absolute Gasteiger partial charge is 0.140 e. The second-order valence-corrected chi connectivity index (χ2v) is 5.93. The van der Waals surface area contributed by atoms with Gasteiger partial charge in [0.2, 0.25) is 0 Å². The second-order valence-electron chi connectivity index (χ2n) is 3.35. The molecule has 2 heterocycles. The van der Waals surface area contributed by atoms with Gasteiger partial charge in [-0.2, -0.15) is 0 Å². The highest BCUT2D eigenvalue weighted by atomic mass is 35.5. The molecule has 0 aliphatic carbocycles. The largest absolute Gasteiger partial charge is 0.319 e. The van der Waals surface area contributed by atoms with Crippen LogP contribution < -0.4 is 0 Å². The first kappa shape index (κ1) is 15.0. The van der Waals surface area contributed by atoms with Crippen LogP contribution in [0.3, 0.4) is 0 Å². The summed E-state index contributed by atoms with van der Waals surface area (Å²) in [6.07, 6.45) is 0. The molecular weight excluding hydrogens is 384 g/mol. The number of halogens is 7. The third kappa shape index (κ3) is 2.03. The van der Waals surface area contributed by atoms with Gasteiger partial charge in [-0.25, -0.2) is 0 Å². The van der Waals surface area contributed by atoms with E-state index in [2.05, 4.69) is 0 Å². The molecule has 2 aromatic rings. The summed E-state index contributed by atoms with van der Waals surface area (Å²) in [6, 6.07) is 0. The van der Waals surface area contributed by atoms with Crippen molar-refractivity contribution >= 4 is 81.2 Å². The van der Waals surface area contributed by atoms with E-state index in [1.165, 1.54) is 9.13 Å². The first-order chi connectivity index (χ1) is 8.29. The molecule has 9 heteroatoms. The highest BCUT2D eigenvalue weighted by Crippen LogP contribution is 2.45. The zero-order valence-corrected chi connectivity index (χ0v) is 13.8. The minimum atomic E-state index is 0.127. The van der Waals surface area contributed by atoms with E-state index in [0.717, 1.165) is 0 Å². The van der Waals surface area contributed by atoms with Gasteiger partial charge < -0.3 is 4.57 Å². The minimum Gasteiger partial charge on any atom is -0.319 e. The van der Waals surface area contributed by atoms with Gasteiger partial charge in [0.1, 0.15) is 26.3 Å². The molecule has 0 fully saturated rings. The second kappa shape index (κ2) is 5.17. The Bertz CT molecular complexity index is 533. The van der Waals surface area contributed by atoms with Crippen LogP contribution in [0.5, 0.6) is 0 Å². The number of aromatic nitrogens is 2. The van der Waals surface area contributed by atoms with Crippen LogP contribution in [-0.2, 0) is 7.05 Å². The van der Waals surface area contributed by atoms with Gasteiger partial charge in [-0.3, -0.25) is 4.57 Å². The van der Waals surface area contributed by atoms with Crippen molar-refractivity contribution in [3.63, 3.8) is 0 Å². The van der Waals surface area contributed by atoms with E-state index in [1.807, 2.05) is 0 Å². The molecule has 2 rings (SSSR count). The van der Waals surface area contributed by atoms with Crippen molar-refractivity contribution in [2.75, 3.05) is 0 Å². The van der Waals surface area contributed by atoms with E-state index in [4.69, 9.17) is 81.2 Å². The molecule has 98 valence electrons. The van der Waals surface area contributed by atoms with Crippen LogP contribution in [0.4, 0.5) is 0 Å². The molecule has 2 aromatic heterocycles. The SMILES string of the molecule is Cn1c(Cl)c(Cl)c(Cl)c1-n1c(Cl)c(Cl)c(Cl)c1Cl. The molecule has 0 aliphatic rings. The van der Waals surface area contributed by atoms with Crippen LogP contribution in [0.1, 0.15) is 0 Å². The molecule has 0 saturated heterocycles. The summed E-state index contributed by atoms with van der Waals surface area (Å²) in [5, 5.41) is 1.18. The molecule has 0 unspecified atom stereocenters. The fraction of sp³-hybridized carbons (Fsp3) is 0.111. The fourth-order valence-electron chi connectivity index (χ4n) is 1.47. The van der Waals surface area contributed by atoms with E-state index in [9.17, 15) is 0 Å². The number of rotatable bonds is 1. The lowest BCUT2D eigenvalue weighted by atomic mass is 10.6. The lowest BCUT2D eigenvalue weighted by Gasteiger charge is -2.09. The lowest BCUT2D eigenvalue weighted by Crippen LogP contribution is -2.02. The van der Waals surface area contributed by atoms with E-state index in [0.29, 0.717) is 5.82 Å². The number of nitrogens with zero attached hydrogens (tertiary/aromatic N) is 2. The van der Waals surface area contributed by atoms with Gasteiger partial charge in [0, 0.05) is 7.05 Å². The van der Waals surface area contributed by atoms with Crippen molar-refractivity contribution in [3.05, 3.63) is 35.5 Å². The van der Waals surface area contributed by atoms with Crippen molar-refractivity contribution in [3.8, 4) is 5.82 Å². The Morgan fingerprint density at radius 3 is 1.33 bits per heavy atom. The van der Waals surface area contributed by atoms with Crippen LogP contribution >= 0.6 is 81.2 Å². The van der Waals surface area contributed by atoms with Gasteiger partial charge >= 0.3 is 0 Å². The molecule has 0 N–H and O–H groups in total. The maximum Gasteiger partial charge on any atom is 0.140 e. The summed E-state index contributed by atoms with van der Waals surface area (Å²) < 4.78 is 2.89. The summed E-state index contributed by atoms with van der Waals surface area (Å²) in [4.78, 5) is 0. The summed E-state index contributed by atoms with van der Waals surface area (Å²) in [5.41, 5.74) is 0. The predicted octanol–water partition coefficient (Wildman–Crippen LogP) is 6.39. The van der Waals surface area contributed by atoms with Crippen molar-refractivity contribution in [1.29, 1.82) is 0 Å². The Kier molecular flexibility index (Phi) is 4.31. The van der Waals surface area contributed by atoms with Gasteiger partial charge in [-0.05, 0) is 0 Å². The molecule has 0 aliphatic heterocycles. The van der Waals surface area contributed by atoms with E-state index in [1.54, 1.807) is 7.05 Å². The topological polar surface area (TPSA) is 9.86 Å². The van der Waals surface area contributed by atoms with E-state index in [-0.39, 0.29) is 35.5 Å². The Balaban J connectivity index is 2.86. The van der Waals surface area contributed by atoms with E-state index >= 15 is 0 Å². The highest BCUT2D eigenvalue weighted by molar-refractivity contribution is 6.53. The maximum absolute atomic E-state index is 6.10. The first-order valence-corrected chi connectivity index (χ1v) is 7.03. The van der Waals surface area contributed by atoms with Gasteiger partial charge in [0.25, 0.3) is 0 Å². The molecule has 0 saturated carbocycles. The van der Waals surface area contributed by atoms with Gasteiger partial charge in [0.15, 0.2) is 0 Å². The number of hydrogen-bond donors (Lipinski definition) is 0. The van der Waals surface area contributed by atoms with E-state index < -0.39 is 0 Å². The quantitative estimate of drug-likeness (QED) is 0.537. The predicted molar refractivity (Wildman–Crippen MR) is 79.8 cm³/mol. The van der Waals surface area contributed by atoms with Crippen LogP contribution in [0.25, 0.3) is 5.82 Å². The zero-order valence-electron chi connectivity index (χ0n) is 8.54. The van der Waals surface area contributed by atoms with Crippen molar-refractivity contribution in [2.45, 2.75) is 0 Å². The molecule has 0 spiro atoms. The third-order valence-electron chi connectivity index (χ3n) is 2.34. The van der Waals surface area contributed by atoms with Crippen LogP contribution in [-0.4, -0.2) is 9.13 Å². The average molecular weight is 387 g/mol. The Morgan fingerprint density at radius 2 is 1.00 bits per heavy atom. The van der Waals surface area contributed by atoms with Crippen molar-refractivity contribution in [1.82, 2.24) is 9.13 Å². The molecule has 18 heavy (non-hydrogen) atoms. The maximum atomic E-state index is 6.10. The molecule has 0 amide bonds. The Morgan fingerprint density at radius 1 is 0.611 bits per heavy atom. The standard InChI is InChI=1S/C9H3Cl7N2/c1-17-6(14)4(12)5(13)9(17)18-7(15)2(10)3(11)8(18)16/h1H3. The normalized spacial score (nSPS) is 11.3. The Labute approximate surface area is 138 Å². The molecule has 2 nitrogen and oxygen atoms in total. The van der Waals surface area contributed by atoms with Gasteiger partial charge in [-0.1, -0.05) is 81.2 Å².